The van der Waals surface area contributed by atoms with Gasteiger partial charge in [0.05, 0.1) is 0 Å². The molecule has 0 saturated heterocycles. The fourth-order valence-electron chi connectivity index (χ4n) is 1.25. The van der Waals surface area contributed by atoms with E-state index < -0.39 is 13.4 Å². The first kappa shape index (κ1) is 12.4. The van der Waals surface area contributed by atoms with Gasteiger partial charge in [0.15, 0.2) is 5.85 Å². The quantitative estimate of drug-likeness (QED) is 0.519. The largest absolute Gasteiger partial charge is 0.356 e. The standard InChI is InChI=1S/C9H14NO4P/c10-14-9(15(11,12)13)7-6-8-4-2-1-3-5-8/h1-5,9H,6-7,10H2,(H2,11,12,13). The van der Waals surface area contributed by atoms with Crippen molar-refractivity contribution >= 4 is 7.60 Å². The Bertz CT molecular complexity index is 337. The van der Waals surface area contributed by atoms with Crippen LogP contribution in [0.2, 0.25) is 0 Å². The van der Waals surface area contributed by atoms with Gasteiger partial charge in [-0.25, -0.2) is 5.90 Å². The molecule has 1 rings (SSSR count). The van der Waals surface area contributed by atoms with Crippen LogP contribution in [0.3, 0.4) is 0 Å². The van der Waals surface area contributed by atoms with Crippen molar-refractivity contribution in [2.75, 3.05) is 0 Å². The zero-order valence-corrected chi connectivity index (χ0v) is 9.01. The maximum absolute atomic E-state index is 10.9. The minimum atomic E-state index is -4.26. The van der Waals surface area contributed by atoms with E-state index in [4.69, 9.17) is 15.7 Å². The van der Waals surface area contributed by atoms with E-state index in [0.717, 1.165) is 5.56 Å². The normalized spacial score (nSPS) is 13.8. The molecule has 0 bridgehead atoms. The molecular formula is C9H14NO4P. The molecule has 0 aliphatic rings. The van der Waals surface area contributed by atoms with E-state index in [2.05, 4.69) is 4.84 Å². The van der Waals surface area contributed by atoms with Gasteiger partial charge in [-0.15, -0.1) is 0 Å². The third kappa shape index (κ3) is 4.11. The van der Waals surface area contributed by atoms with Crippen LogP contribution in [0.15, 0.2) is 30.3 Å². The fourth-order valence-corrected chi connectivity index (χ4v) is 1.87. The highest BCUT2D eigenvalue weighted by Crippen LogP contribution is 2.43. The van der Waals surface area contributed by atoms with Crippen molar-refractivity contribution in [3.05, 3.63) is 35.9 Å². The molecule has 0 radical (unpaired) electrons. The summed E-state index contributed by atoms with van der Waals surface area (Å²) >= 11 is 0. The van der Waals surface area contributed by atoms with Crippen molar-refractivity contribution in [1.82, 2.24) is 0 Å². The Morgan fingerprint density at radius 1 is 1.33 bits per heavy atom. The molecule has 0 heterocycles. The summed E-state index contributed by atoms with van der Waals surface area (Å²) in [6.07, 6.45) is 0.721. The third-order valence-electron chi connectivity index (χ3n) is 2.06. The Hall–Kier alpha value is -0.710. The number of rotatable bonds is 5. The van der Waals surface area contributed by atoms with Crippen LogP contribution in [0.4, 0.5) is 0 Å². The zero-order chi connectivity index (χ0) is 11.3. The highest BCUT2D eigenvalue weighted by Gasteiger charge is 2.28. The lowest BCUT2D eigenvalue weighted by Gasteiger charge is -2.15. The van der Waals surface area contributed by atoms with Crippen LogP contribution in [0.1, 0.15) is 12.0 Å². The summed E-state index contributed by atoms with van der Waals surface area (Å²) in [6.45, 7) is 0. The molecular weight excluding hydrogens is 217 g/mol. The molecule has 6 heteroatoms. The van der Waals surface area contributed by atoms with E-state index in [1.165, 1.54) is 0 Å². The first-order valence-electron chi connectivity index (χ1n) is 4.48. The van der Waals surface area contributed by atoms with Crippen LogP contribution in [0.5, 0.6) is 0 Å². The smallest absolute Gasteiger partial charge is 0.323 e. The SMILES string of the molecule is NOC(CCc1ccccc1)P(=O)(O)O. The van der Waals surface area contributed by atoms with Crippen molar-refractivity contribution < 1.29 is 19.2 Å². The highest BCUT2D eigenvalue weighted by molar-refractivity contribution is 7.52. The monoisotopic (exact) mass is 231 g/mol. The number of aryl methyl sites for hydroxylation is 1. The molecule has 0 amide bonds. The summed E-state index contributed by atoms with van der Waals surface area (Å²) in [5.41, 5.74) is 0.994. The van der Waals surface area contributed by atoms with Crippen molar-refractivity contribution in [3.63, 3.8) is 0 Å². The molecule has 84 valence electrons. The van der Waals surface area contributed by atoms with Gasteiger partial charge in [0.1, 0.15) is 0 Å². The van der Waals surface area contributed by atoms with Crippen LogP contribution in [-0.4, -0.2) is 15.6 Å². The molecule has 4 N–H and O–H groups in total. The van der Waals surface area contributed by atoms with Crippen molar-refractivity contribution in [1.29, 1.82) is 0 Å². The summed E-state index contributed by atoms with van der Waals surface area (Å²) in [6, 6.07) is 9.38. The van der Waals surface area contributed by atoms with Gasteiger partial charge in [-0.1, -0.05) is 30.3 Å². The lowest BCUT2D eigenvalue weighted by Crippen LogP contribution is -2.18. The van der Waals surface area contributed by atoms with Gasteiger partial charge >= 0.3 is 7.60 Å². The average Bonchev–Trinajstić information content (AvgIpc) is 2.18. The Kier molecular flexibility index (Phi) is 4.45. The molecule has 0 saturated carbocycles. The van der Waals surface area contributed by atoms with Gasteiger partial charge < -0.3 is 9.79 Å². The second-order valence-corrected chi connectivity index (χ2v) is 4.96. The van der Waals surface area contributed by atoms with Gasteiger partial charge in [0.25, 0.3) is 0 Å². The number of nitrogens with two attached hydrogens (primary N) is 1. The van der Waals surface area contributed by atoms with E-state index in [-0.39, 0.29) is 6.42 Å². The van der Waals surface area contributed by atoms with E-state index in [9.17, 15) is 4.57 Å². The molecule has 1 unspecified atom stereocenters. The summed E-state index contributed by atoms with van der Waals surface area (Å²) in [7, 11) is -4.26. The van der Waals surface area contributed by atoms with E-state index in [1.54, 1.807) is 0 Å². The number of hydrogen-bond acceptors (Lipinski definition) is 3. The summed E-state index contributed by atoms with van der Waals surface area (Å²) < 4.78 is 10.9. The van der Waals surface area contributed by atoms with Crippen LogP contribution in [0.25, 0.3) is 0 Å². The van der Waals surface area contributed by atoms with Gasteiger partial charge in [0, 0.05) is 0 Å². The molecule has 1 atom stereocenters. The van der Waals surface area contributed by atoms with Crippen molar-refractivity contribution in [2.24, 2.45) is 5.90 Å². The van der Waals surface area contributed by atoms with Gasteiger partial charge in [0.2, 0.25) is 0 Å². The van der Waals surface area contributed by atoms with Gasteiger partial charge in [-0.05, 0) is 18.4 Å². The minimum Gasteiger partial charge on any atom is -0.323 e. The molecule has 1 aromatic rings. The Labute approximate surface area is 88.0 Å². The van der Waals surface area contributed by atoms with Crippen LogP contribution in [0, 0.1) is 0 Å². The Balaban J connectivity index is 2.53. The topological polar surface area (TPSA) is 92.8 Å². The Morgan fingerprint density at radius 3 is 2.40 bits per heavy atom. The third-order valence-corrected chi connectivity index (χ3v) is 3.19. The second-order valence-electron chi connectivity index (χ2n) is 3.20. The summed E-state index contributed by atoms with van der Waals surface area (Å²) in [4.78, 5) is 22.0. The van der Waals surface area contributed by atoms with Gasteiger partial charge in [-0.2, -0.15) is 0 Å². The van der Waals surface area contributed by atoms with Crippen LogP contribution in [-0.2, 0) is 15.8 Å². The minimum absolute atomic E-state index is 0.199. The molecule has 0 fully saturated rings. The molecule has 0 aromatic heterocycles. The van der Waals surface area contributed by atoms with Gasteiger partial charge in [-0.3, -0.25) is 9.40 Å². The average molecular weight is 231 g/mol. The first-order chi connectivity index (χ1) is 7.04. The number of benzene rings is 1. The molecule has 0 spiro atoms. The molecule has 15 heavy (non-hydrogen) atoms. The molecule has 1 aromatic carbocycles. The lowest BCUT2D eigenvalue weighted by molar-refractivity contribution is 0.0816. The van der Waals surface area contributed by atoms with E-state index in [1.807, 2.05) is 30.3 Å². The van der Waals surface area contributed by atoms with E-state index >= 15 is 0 Å². The predicted molar refractivity (Wildman–Crippen MR) is 55.9 cm³/mol. The zero-order valence-electron chi connectivity index (χ0n) is 8.11. The van der Waals surface area contributed by atoms with Crippen molar-refractivity contribution in [2.45, 2.75) is 18.7 Å². The van der Waals surface area contributed by atoms with Crippen molar-refractivity contribution in [3.8, 4) is 0 Å². The van der Waals surface area contributed by atoms with E-state index in [0.29, 0.717) is 6.42 Å². The molecule has 0 aliphatic heterocycles. The highest BCUT2D eigenvalue weighted by atomic mass is 31.2. The summed E-state index contributed by atoms with van der Waals surface area (Å²) in [5.74, 6) is 3.61. The number of hydrogen-bond donors (Lipinski definition) is 3. The predicted octanol–water partition coefficient (Wildman–Crippen LogP) is 1.01. The Morgan fingerprint density at radius 2 is 1.93 bits per heavy atom. The molecule has 0 aliphatic carbocycles. The second kappa shape index (κ2) is 5.39. The van der Waals surface area contributed by atoms with Crippen LogP contribution < -0.4 is 5.90 Å². The fraction of sp³-hybridized carbons (Fsp3) is 0.333. The maximum Gasteiger partial charge on any atom is 0.356 e. The first-order valence-corrected chi connectivity index (χ1v) is 6.17. The summed E-state index contributed by atoms with van der Waals surface area (Å²) in [5, 5.41) is 0. The maximum atomic E-state index is 10.9. The lowest BCUT2D eigenvalue weighted by atomic mass is 10.1. The van der Waals surface area contributed by atoms with Crippen LogP contribution >= 0.6 is 7.60 Å². The molecule has 5 nitrogen and oxygen atoms in total.